The number of nitrogens with zero attached hydrogens (tertiary/aromatic N) is 3. The second-order valence-electron chi connectivity index (χ2n) is 13.3. The third-order valence-electron chi connectivity index (χ3n) is 9.68. The van der Waals surface area contributed by atoms with Gasteiger partial charge in [-0.3, -0.25) is 14.4 Å². The third-order valence-corrected chi connectivity index (χ3v) is 9.68. The summed E-state index contributed by atoms with van der Waals surface area (Å²) in [6, 6.07) is 20.4. The number of tetrazole rings is 1. The Hall–Kier alpha value is -4.94. The van der Waals surface area contributed by atoms with E-state index in [2.05, 4.69) is 48.0 Å². The maximum absolute atomic E-state index is 13.7. The van der Waals surface area contributed by atoms with Gasteiger partial charge >= 0.3 is 0 Å². The van der Waals surface area contributed by atoms with Crippen molar-refractivity contribution in [3.63, 3.8) is 0 Å². The second kappa shape index (κ2) is 16.0. The number of benzene rings is 3. The van der Waals surface area contributed by atoms with E-state index in [9.17, 15) is 14.4 Å². The van der Waals surface area contributed by atoms with Gasteiger partial charge in [0.15, 0.2) is 0 Å². The number of carbonyl (C=O) groups is 3. The highest BCUT2D eigenvalue weighted by molar-refractivity contribution is 5.98. The molecule has 0 bridgehead atoms. The van der Waals surface area contributed by atoms with Gasteiger partial charge in [-0.05, 0) is 135 Å². The molecule has 1 saturated carbocycles. The molecule has 1 aliphatic heterocycles. The largest absolute Gasteiger partial charge is 0.349 e. The van der Waals surface area contributed by atoms with Gasteiger partial charge in [-0.25, -0.2) is 0 Å². The van der Waals surface area contributed by atoms with E-state index in [1.54, 1.807) is 24.3 Å². The Morgan fingerprint density at radius 1 is 0.878 bits per heavy atom. The predicted octanol–water partition coefficient (Wildman–Crippen LogP) is 3.76. The van der Waals surface area contributed by atoms with Gasteiger partial charge < -0.3 is 27.0 Å². The van der Waals surface area contributed by atoms with Gasteiger partial charge in [-0.15, -0.1) is 10.2 Å². The Kier molecular flexibility index (Phi) is 11.1. The zero-order chi connectivity index (χ0) is 34.2. The van der Waals surface area contributed by atoms with Gasteiger partial charge in [0, 0.05) is 35.2 Å². The summed E-state index contributed by atoms with van der Waals surface area (Å²) in [5.41, 5.74) is 11.7. The molecule has 256 valence electrons. The molecule has 1 unspecified atom stereocenters. The number of aromatic nitrogens is 4. The number of carbonyl (C=O) groups excluding carboxylic acids is 3. The van der Waals surface area contributed by atoms with Crippen molar-refractivity contribution in [3.8, 4) is 22.5 Å². The van der Waals surface area contributed by atoms with Crippen molar-refractivity contribution in [2.45, 2.75) is 64.0 Å². The number of hydrogen-bond acceptors (Lipinski definition) is 8. The van der Waals surface area contributed by atoms with E-state index in [0.717, 1.165) is 79.4 Å². The van der Waals surface area contributed by atoms with E-state index in [0.29, 0.717) is 36.0 Å². The highest BCUT2D eigenvalue weighted by Crippen LogP contribution is 2.29. The van der Waals surface area contributed by atoms with E-state index in [1.807, 2.05) is 43.3 Å². The van der Waals surface area contributed by atoms with E-state index in [-0.39, 0.29) is 29.7 Å². The molecule has 4 aromatic rings. The highest BCUT2D eigenvalue weighted by atomic mass is 16.2. The lowest BCUT2D eigenvalue weighted by atomic mass is 9.81. The van der Waals surface area contributed by atoms with Crippen LogP contribution >= 0.6 is 0 Å². The first kappa shape index (κ1) is 33.9. The molecule has 3 amide bonds. The molecular weight excluding hydrogens is 618 g/mol. The summed E-state index contributed by atoms with van der Waals surface area (Å²) in [5.74, 6) is 0.304. The van der Waals surface area contributed by atoms with Crippen molar-refractivity contribution >= 4 is 23.4 Å². The maximum atomic E-state index is 13.7. The number of anilines is 1. The van der Waals surface area contributed by atoms with Crippen LogP contribution in [0, 0.1) is 18.8 Å². The molecule has 7 N–H and O–H groups in total. The van der Waals surface area contributed by atoms with Crippen LogP contribution in [0.4, 0.5) is 5.69 Å². The fourth-order valence-electron chi connectivity index (χ4n) is 6.76. The fraction of sp³-hybridized carbons (Fsp3) is 0.405. The average molecular weight is 664 g/mol. The third kappa shape index (κ3) is 8.95. The van der Waals surface area contributed by atoms with Crippen molar-refractivity contribution in [2.75, 3.05) is 25.0 Å². The van der Waals surface area contributed by atoms with Crippen LogP contribution in [-0.2, 0) is 16.0 Å². The van der Waals surface area contributed by atoms with Crippen molar-refractivity contribution in [3.05, 3.63) is 83.4 Å². The Morgan fingerprint density at radius 3 is 2.27 bits per heavy atom. The van der Waals surface area contributed by atoms with Gasteiger partial charge in [0.2, 0.25) is 17.6 Å². The van der Waals surface area contributed by atoms with Crippen LogP contribution in [0.1, 0.15) is 60.0 Å². The second-order valence-corrected chi connectivity index (χ2v) is 13.3. The Labute approximate surface area is 286 Å². The number of nitrogens with two attached hydrogens (primary N) is 1. The molecule has 6 rings (SSSR count). The van der Waals surface area contributed by atoms with Gasteiger partial charge in [0.05, 0.1) is 0 Å². The summed E-state index contributed by atoms with van der Waals surface area (Å²) in [6.07, 6.45) is 5.53. The molecule has 1 saturated heterocycles. The Morgan fingerprint density at radius 2 is 1.59 bits per heavy atom. The van der Waals surface area contributed by atoms with Gasteiger partial charge in [-0.2, -0.15) is 5.21 Å². The molecule has 2 heterocycles. The molecule has 3 aromatic carbocycles. The van der Waals surface area contributed by atoms with Crippen LogP contribution in [0.25, 0.3) is 22.5 Å². The van der Waals surface area contributed by atoms with E-state index >= 15 is 0 Å². The predicted molar refractivity (Wildman–Crippen MR) is 188 cm³/mol. The van der Waals surface area contributed by atoms with Gasteiger partial charge in [-0.1, -0.05) is 30.3 Å². The summed E-state index contributed by atoms with van der Waals surface area (Å²) in [6.45, 7) is 4.45. The Balaban J connectivity index is 1.16. The number of H-pyrrole nitrogens is 1. The molecular formula is C37H45N9O3. The van der Waals surface area contributed by atoms with Crippen LogP contribution in [0.15, 0.2) is 66.7 Å². The number of nitrogens with one attached hydrogen (secondary N) is 5. The number of rotatable bonds is 11. The highest BCUT2D eigenvalue weighted by Gasteiger charge is 2.29. The molecule has 1 aliphatic carbocycles. The van der Waals surface area contributed by atoms with Crippen molar-refractivity contribution in [1.82, 2.24) is 36.6 Å². The average Bonchev–Trinajstić information content (AvgIpc) is 3.67. The van der Waals surface area contributed by atoms with Gasteiger partial charge in [0.25, 0.3) is 5.91 Å². The fourth-order valence-corrected chi connectivity index (χ4v) is 6.76. The lowest BCUT2D eigenvalue weighted by molar-refractivity contribution is -0.130. The smallest absolute Gasteiger partial charge is 0.251 e. The van der Waals surface area contributed by atoms with E-state index in [1.165, 1.54) is 0 Å². The maximum Gasteiger partial charge on any atom is 0.251 e. The van der Waals surface area contributed by atoms with E-state index in [4.69, 9.17) is 5.73 Å². The molecule has 0 spiro atoms. The minimum atomic E-state index is -0.785. The summed E-state index contributed by atoms with van der Waals surface area (Å²) in [7, 11) is 0. The standard InChI is InChI=1S/C37H45N9O3/c1-23-18-29(21-30(19-23)36(48)40-32-14-16-39-17-15-32)26-6-2-24(3-7-26)20-33(42-35(47)28-8-4-25(22-38)5-9-28)37(49)41-31-12-10-27(11-13-31)34-43-45-46-44-34/h2-3,6-7,10-13,18-19,21,25,28,32-33,39H,4-5,8-9,14-17,20,22,38H2,1H3,(H,40,48)(H,41,49)(H,42,47)(H,43,44,45,46). The zero-order valence-electron chi connectivity index (χ0n) is 27.9. The molecule has 1 aromatic heterocycles. The Bertz CT molecular complexity index is 1710. The summed E-state index contributed by atoms with van der Waals surface area (Å²) >= 11 is 0. The summed E-state index contributed by atoms with van der Waals surface area (Å²) in [5, 5.41) is 26.6. The number of aromatic amines is 1. The van der Waals surface area contributed by atoms with Crippen molar-refractivity contribution in [1.29, 1.82) is 0 Å². The monoisotopic (exact) mass is 663 g/mol. The lowest BCUT2D eigenvalue weighted by Gasteiger charge is -2.28. The number of hydrogen-bond donors (Lipinski definition) is 6. The number of piperidine rings is 1. The normalized spacial score (nSPS) is 18.7. The first-order valence-corrected chi connectivity index (χ1v) is 17.2. The zero-order valence-corrected chi connectivity index (χ0v) is 27.9. The quantitative estimate of drug-likeness (QED) is 0.140. The van der Waals surface area contributed by atoms with Crippen molar-refractivity contribution < 1.29 is 14.4 Å². The number of aryl methyl sites for hydroxylation is 1. The lowest BCUT2D eigenvalue weighted by Crippen LogP contribution is -2.48. The molecule has 12 nitrogen and oxygen atoms in total. The molecule has 0 radical (unpaired) electrons. The molecule has 2 aliphatic rings. The van der Waals surface area contributed by atoms with Gasteiger partial charge in [0.1, 0.15) is 6.04 Å². The SMILES string of the molecule is Cc1cc(C(=O)NC2CCNCC2)cc(-c2ccc(CC(NC(=O)C3CCC(CN)CC3)C(=O)Nc3ccc(-c4nn[nH]n4)cc3)cc2)c1. The molecule has 1 atom stereocenters. The van der Waals surface area contributed by atoms with Crippen molar-refractivity contribution in [2.24, 2.45) is 17.6 Å². The van der Waals surface area contributed by atoms with Crippen LogP contribution in [0.5, 0.6) is 0 Å². The molecule has 2 fully saturated rings. The van der Waals surface area contributed by atoms with Crippen LogP contribution in [-0.4, -0.2) is 70.1 Å². The topological polar surface area (TPSA) is 180 Å². The first-order chi connectivity index (χ1) is 23.8. The summed E-state index contributed by atoms with van der Waals surface area (Å²) < 4.78 is 0. The van der Waals surface area contributed by atoms with Crippen LogP contribution in [0.2, 0.25) is 0 Å². The first-order valence-electron chi connectivity index (χ1n) is 17.2. The van der Waals surface area contributed by atoms with Crippen LogP contribution < -0.4 is 27.0 Å². The molecule has 49 heavy (non-hydrogen) atoms. The molecule has 12 heteroatoms. The summed E-state index contributed by atoms with van der Waals surface area (Å²) in [4.78, 5) is 40.2. The van der Waals surface area contributed by atoms with Crippen LogP contribution in [0.3, 0.4) is 0 Å². The van der Waals surface area contributed by atoms with E-state index < -0.39 is 6.04 Å². The minimum Gasteiger partial charge on any atom is -0.349 e. The number of amides is 3. The minimum absolute atomic E-state index is 0.0565.